The van der Waals surface area contributed by atoms with Gasteiger partial charge in [0.25, 0.3) is 0 Å². The molecule has 1 atom stereocenters. The summed E-state index contributed by atoms with van der Waals surface area (Å²) in [5.41, 5.74) is 3.98. The maximum atomic E-state index is 12.0. The molecule has 0 fully saturated rings. The lowest BCUT2D eigenvalue weighted by Gasteiger charge is -2.34. The molecule has 5 nitrogen and oxygen atoms in total. The summed E-state index contributed by atoms with van der Waals surface area (Å²) in [5.74, 6) is 0.380. The van der Waals surface area contributed by atoms with E-state index in [1.165, 1.54) is 12.7 Å². The number of H-pyrrole nitrogens is 1. The molecule has 0 aliphatic heterocycles. The van der Waals surface area contributed by atoms with Crippen LogP contribution >= 0.6 is 0 Å². The smallest absolute Gasteiger partial charge is 0.359 e. The maximum Gasteiger partial charge on any atom is 0.359 e. The number of nitrogens with zero attached hydrogens (tertiary/aromatic N) is 1. The summed E-state index contributed by atoms with van der Waals surface area (Å²) in [4.78, 5) is 12.0. The predicted molar refractivity (Wildman–Crippen MR) is 103 cm³/mol. The Kier molecular flexibility index (Phi) is 4.28. The number of carbonyl (C=O) groups is 1. The molecule has 0 radical (unpaired) electrons. The van der Waals surface area contributed by atoms with E-state index < -0.39 is 5.97 Å². The minimum atomic E-state index is -0.436. The Morgan fingerprint density at radius 1 is 1.04 bits per heavy atom. The average Bonchev–Trinajstić information content (AvgIpc) is 3.16. The quantitative estimate of drug-likeness (QED) is 0.720. The van der Waals surface area contributed by atoms with Crippen molar-refractivity contribution in [3.05, 3.63) is 88.8 Å². The van der Waals surface area contributed by atoms with Gasteiger partial charge in [-0.05, 0) is 23.3 Å². The molecule has 3 aromatic rings. The van der Waals surface area contributed by atoms with Crippen LogP contribution in [-0.4, -0.2) is 30.4 Å². The minimum Gasteiger partial charge on any atom is -0.497 e. The summed E-state index contributed by atoms with van der Waals surface area (Å²) in [5, 5.41) is 7.21. The zero-order valence-electron chi connectivity index (χ0n) is 15.2. The lowest BCUT2D eigenvalue weighted by Crippen LogP contribution is -2.30. The van der Waals surface area contributed by atoms with E-state index in [1.807, 2.05) is 36.4 Å². The summed E-state index contributed by atoms with van der Waals surface area (Å²) in [7, 11) is 3.02. The van der Waals surface area contributed by atoms with Gasteiger partial charge in [0.05, 0.1) is 14.2 Å². The minimum absolute atomic E-state index is 0.320. The lowest BCUT2D eigenvalue weighted by atomic mass is 9.68. The van der Waals surface area contributed by atoms with E-state index in [9.17, 15) is 4.79 Å². The van der Waals surface area contributed by atoms with E-state index in [0.29, 0.717) is 12.1 Å². The molecule has 1 N–H and O–H groups in total. The number of aromatic nitrogens is 2. The molecule has 1 aromatic heterocycles. The number of hydrogen-bond acceptors (Lipinski definition) is 4. The molecule has 2 aromatic carbocycles. The number of hydrogen-bond donors (Lipinski definition) is 1. The van der Waals surface area contributed by atoms with Crippen molar-refractivity contribution in [1.82, 2.24) is 10.2 Å². The Morgan fingerprint density at radius 3 is 2.41 bits per heavy atom. The molecule has 136 valence electrons. The molecular weight excluding hydrogens is 340 g/mol. The Labute approximate surface area is 157 Å². The second-order valence-electron chi connectivity index (χ2n) is 6.53. The van der Waals surface area contributed by atoms with Crippen LogP contribution in [0.5, 0.6) is 5.75 Å². The van der Waals surface area contributed by atoms with Gasteiger partial charge in [0.2, 0.25) is 0 Å². The standard InChI is InChI=1S/C22H20N2O3/c1-26-17-10-8-16(9-11-17)22(15-6-4-3-5-7-15)13-12-18-19(14-22)23-24-20(18)21(25)27-2/h3-13H,14H2,1-2H3,(H,23,24). The van der Waals surface area contributed by atoms with Gasteiger partial charge in [-0.15, -0.1) is 0 Å². The van der Waals surface area contributed by atoms with Gasteiger partial charge in [0.15, 0.2) is 5.69 Å². The molecule has 1 aliphatic rings. The molecule has 0 saturated heterocycles. The number of rotatable bonds is 4. The highest BCUT2D eigenvalue weighted by Crippen LogP contribution is 2.42. The molecule has 1 heterocycles. The molecule has 5 heteroatoms. The van der Waals surface area contributed by atoms with Crippen molar-refractivity contribution in [1.29, 1.82) is 0 Å². The number of fused-ring (bicyclic) bond motifs is 1. The third-order valence-corrected chi connectivity index (χ3v) is 5.15. The van der Waals surface area contributed by atoms with Gasteiger partial charge in [0.1, 0.15) is 5.75 Å². The van der Waals surface area contributed by atoms with E-state index in [2.05, 4.69) is 40.5 Å². The zero-order valence-corrected chi connectivity index (χ0v) is 15.2. The zero-order chi connectivity index (χ0) is 18.9. The van der Waals surface area contributed by atoms with Gasteiger partial charge in [-0.3, -0.25) is 5.10 Å². The first-order valence-electron chi connectivity index (χ1n) is 8.73. The number of allylic oxidation sites excluding steroid dienone is 1. The van der Waals surface area contributed by atoms with Crippen molar-refractivity contribution in [3.63, 3.8) is 0 Å². The fourth-order valence-electron chi connectivity index (χ4n) is 3.70. The van der Waals surface area contributed by atoms with Crippen molar-refractivity contribution in [2.24, 2.45) is 0 Å². The van der Waals surface area contributed by atoms with E-state index in [4.69, 9.17) is 9.47 Å². The van der Waals surface area contributed by atoms with Crippen molar-refractivity contribution < 1.29 is 14.3 Å². The van der Waals surface area contributed by atoms with Gasteiger partial charge in [0, 0.05) is 23.1 Å². The number of benzene rings is 2. The highest BCUT2D eigenvalue weighted by molar-refractivity contribution is 5.92. The van der Waals surface area contributed by atoms with E-state index in [-0.39, 0.29) is 5.41 Å². The van der Waals surface area contributed by atoms with E-state index in [0.717, 1.165) is 22.6 Å². The van der Waals surface area contributed by atoms with Crippen LogP contribution in [0.3, 0.4) is 0 Å². The molecule has 0 saturated carbocycles. The fourth-order valence-corrected chi connectivity index (χ4v) is 3.70. The van der Waals surface area contributed by atoms with Crippen LogP contribution in [0, 0.1) is 0 Å². The SMILES string of the molecule is COC(=O)c1n[nH]c2c1C=CC(c1ccccc1)(c1ccc(OC)cc1)C2. The van der Waals surface area contributed by atoms with Crippen LogP contribution in [0.1, 0.15) is 32.9 Å². The van der Waals surface area contributed by atoms with Crippen LogP contribution in [0.25, 0.3) is 6.08 Å². The topological polar surface area (TPSA) is 64.2 Å². The third kappa shape index (κ3) is 2.81. The summed E-state index contributed by atoms with van der Waals surface area (Å²) in [6, 6.07) is 18.4. The molecule has 27 heavy (non-hydrogen) atoms. The molecular formula is C22H20N2O3. The molecule has 0 amide bonds. The van der Waals surface area contributed by atoms with Crippen molar-refractivity contribution in [2.75, 3.05) is 14.2 Å². The van der Waals surface area contributed by atoms with Crippen molar-refractivity contribution in [2.45, 2.75) is 11.8 Å². The first-order chi connectivity index (χ1) is 13.2. The molecule has 4 rings (SSSR count). The molecule has 0 spiro atoms. The molecule has 1 aliphatic carbocycles. The number of carbonyl (C=O) groups excluding carboxylic acids is 1. The van der Waals surface area contributed by atoms with E-state index in [1.54, 1.807) is 7.11 Å². The first-order valence-corrected chi connectivity index (χ1v) is 8.73. The van der Waals surface area contributed by atoms with Crippen LogP contribution in [0.4, 0.5) is 0 Å². The summed E-state index contributed by atoms with van der Waals surface area (Å²) >= 11 is 0. The monoisotopic (exact) mass is 360 g/mol. The number of esters is 1. The number of ether oxygens (including phenoxy) is 2. The first kappa shape index (κ1) is 17.1. The highest BCUT2D eigenvalue weighted by Gasteiger charge is 2.37. The molecule has 0 bridgehead atoms. The third-order valence-electron chi connectivity index (χ3n) is 5.15. The van der Waals surface area contributed by atoms with Crippen molar-refractivity contribution in [3.8, 4) is 5.75 Å². The normalized spacial score (nSPS) is 18.0. The van der Waals surface area contributed by atoms with Crippen molar-refractivity contribution >= 4 is 12.0 Å². The summed E-state index contributed by atoms with van der Waals surface area (Å²) < 4.78 is 10.1. The van der Waals surface area contributed by atoms with Crippen LogP contribution < -0.4 is 4.74 Å². The lowest BCUT2D eigenvalue weighted by molar-refractivity contribution is 0.0593. The average molecular weight is 360 g/mol. The van der Waals surface area contributed by atoms with Gasteiger partial charge >= 0.3 is 5.97 Å². The van der Waals surface area contributed by atoms with E-state index >= 15 is 0 Å². The van der Waals surface area contributed by atoms with Gasteiger partial charge < -0.3 is 9.47 Å². The highest BCUT2D eigenvalue weighted by atomic mass is 16.5. The fraction of sp³-hybridized carbons (Fsp3) is 0.182. The van der Waals surface area contributed by atoms with Gasteiger partial charge in [-0.1, -0.05) is 54.6 Å². The Morgan fingerprint density at radius 2 is 1.74 bits per heavy atom. The number of methoxy groups -OCH3 is 2. The largest absolute Gasteiger partial charge is 0.497 e. The van der Waals surface area contributed by atoms with Crippen LogP contribution in [-0.2, 0) is 16.6 Å². The Bertz CT molecular complexity index is 990. The predicted octanol–water partition coefficient (Wildman–Crippen LogP) is 3.76. The Balaban J connectivity index is 1.85. The van der Waals surface area contributed by atoms with Crippen LogP contribution in [0.2, 0.25) is 0 Å². The molecule has 1 unspecified atom stereocenters. The number of nitrogens with one attached hydrogen (secondary N) is 1. The second kappa shape index (κ2) is 6.76. The van der Waals surface area contributed by atoms with Gasteiger partial charge in [-0.25, -0.2) is 4.79 Å². The van der Waals surface area contributed by atoms with Gasteiger partial charge in [-0.2, -0.15) is 5.10 Å². The maximum absolute atomic E-state index is 12.0. The second-order valence-corrected chi connectivity index (χ2v) is 6.53. The number of aromatic amines is 1. The van der Waals surface area contributed by atoms with Crippen LogP contribution in [0.15, 0.2) is 60.7 Å². The Hall–Kier alpha value is -3.34. The summed E-state index contributed by atoms with van der Waals surface area (Å²) in [6.45, 7) is 0. The summed E-state index contributed by atoms with van der Waals surface area (Å²) in [6.07, 6.45) is 4.78.